The molecule has 0 bridgehead atoms. The van der Waals surface area contributed by atoms with E-state index in [2.05, 4.69) is 45.6 Å². The summed E-state index contributed by atoms with van der Waals surface area (Å²) in [6.45, 7) is 1.26. The van der Waals surface area contributed by atoms with Crippen LogP contribution in [0.15, 0.2) is 73.1 Å². The zero-order chi connectivity index (χ0) is 20.8. The number of rotatable bonds is 8. The summed E-state index contributed by atoms with van der Waals surface area (Å²) in [6, 6.07) is 20.5. The molecule has 0 aliphatic heterocycles. The number of aromatic nitrogens is 2. The standard InChI is InChI=1S/C25H26N4O.2ClH/c26-14-13-18-7-9-19(10-8-18)20-11-12-23(22-5-2-1-4-21(20)22)25(30)29-15-3-6-24-27-16-17-28-24;;/h1-2,4-5,7-12,16-17H,3,6,13-15,26H2,(H,27,28)(H,29,30);2*1H. The fourth-order valence-electron chi connectivity index (χ4n) is 3.75. The van der Waals surface area contributed by atoms with E-state index in [0.717, 1.165) is 47.0 Å². The van der Waals surface area contributed by atoms with Gasteiger partial charge in [0.1, 0.15) is 5.82 Å². The maximum Gasteiger partial charge on any atom is 0.251 e. The van der Waals surface area contributed by atoms with Gasteiger partial charge in [-0.1, -0.05) is 54.6 Å². The number of fused-ring (bicyclic) bond motifs is 1. The number of amides is 1. The highest BCUT2D eigenvalue weighted by Gasteiger charge is 2.13. The minimum absolute atomic E-state index is 0. The minimum atomic E-state index is -0.0458. The summed E-state index contributed by atoms with van der Waals surface area (Å²) in [5.41, 5.74) is 9.85. The summed E-state index contributed by atoms with van der Waals surface area (Å²) in [4.78, 5) is 20.1. The predicted octanol–water partition coefficient (Wildman–Crippen LogP) is 4.94. The number of hydrogen-bond acceptors (Lipinski definition) is 3. The van der Waals surface area contributed by atoms with E-state index in [1.54, 1.807) is 6.20 Å². The van der Waals surface area contributed by atoms with Gasteiger partial charge < -0.3 is 16.0 Å². The third-order valence-electron chi connectivity index (χ3n) is 5.30. The van der Waals surface area contributed by atoms with Crippen LogP contribution in [-0.4, -0.2) is 29.0 Å². The second-order valence-electron chi connectivity index (χ2n) is 7.34. The number of nitrogens with zero attached hydrogens (tertiary/aromatic N) is 1. The van der Waals surface area contributed by atoms with Crippen molar-refractivity contribution in [2.24, 2.45) is 5.73 Å². The van der Waals surface area contributed by atoms with Gasteiger partial charge in [-0.15, -0.1) is 24.8 Å². The van der Waals surface area contributed by atoms with Gasteiger partial charge >= 0.3 is 0 Å². The van der Waals surface area contributed by atoms with Gasteiger partial charge in [-0.05, 0) is 52.9 Å². The van der Waals surface area contributed by atoms with E-state index < -0.39 is 0 Å². The van der Waals surface area contributed by atoms with Crippen molar-refractivity contribution in [1.82, 2.24) is 15.3 Å². The lowest BCUT2D eigenvalue weighted by Crippen LogP contribution is -2.25. The molecule has 32 heavy (non-hydrogen) atoms. The van der Waals surface area contributed by atoms with Crippen molar-refractivity contribution in [1.29, 1.82) is 0 Å². The number of aryl methyl sites for hydroxylation is 1. The number of carbonyl (C=O) groups is 1. The molecule has 0 saturated heterocycles. The van der Waals surface area contributed by atoms with Crippen LogP contribution < -0.4 is 11.1 Å². The monoisotopic (exact) mass is 470 g/mol. The van der Waals surface area contributed by atoms with Crippen molar-refractivity contribution in [3.63, 3.8) is 0 Å². The topological polar surface area (TPSA) is 83.8 Å². The average Bonchev–Trinajstić information content (AvgIpc) is 3.30. The Morgan fingerprint density at radius 1 is 0.938 bits per heavy atom. The van der Waals surface area contributed by atoms with Crippen LogP contribution in [0.2, 0.25) is 0 Å². The molecule has 0 spiro atoms. The molecule has 5 nitrogen and oxygen atoms in total. The number of H-pyrrole nitrogens is 1. The Labute approximate surface area is 200 Å². The first-order chi connectivity index (χ1) is 14.8. The molecule has 0 saturated carbocycles. The molecule has 1 aromatic heterocycles. The van der Waals surface area contributed by atoms with E-state index in [1.807, 2.05) is 36.5 Å². The van der Waals surface area contributed by atoms with E-state index in [4.69, 9.17) is 5.73 Å². The predicted molar refractivity (Wildman–Crippen MR) is 136 cm³/mol. The van der Waals surface area contributed by atoms with Crippen LogP contribution in [0.3, 0.4) is 0 Å². The molecular weight excluding hydrogens is 443 g/mol. The Kier molecular flexibility index (Phi) is 9.72. The summed E-state index contributed by atoms with van der Waals surface area (Å²) >= 11 is 0. The van der Waals surface area contributed by atoms with Crippen molar-refractivity contribution >= 4 is 41.5 Å². The molecule has 0 aliphatic carbocycles. The number of carbonyl (C=O) groups excluding carboxylic acids is 1. The molecule has 168 valence electrons. The van der Waals surface area contributed by atoms with Gasteiger partial charge in [-0.2, -0.15) is 0 Å². The molecule has 0 unspecified atom stereocenters. The van der Waals surface area contributed by atoms with E-state index >= 15 is 0 Å². The van der Waals surface area contributed by atoms with Crippen LogP contribution in [0.5, 0.6) is 0 Å². The molecule has 4 N–H and O–H groups in total. The molecule has 0 aliphatic rings. The highest BCUT2D eigenvalue weighted by atomic mass is 35.5. The Morgan fingerprint density at radius 2 is 1.69 bits per heavy atom. The molecular formula is C25H28Cl2N4O. The lowest BCUT2D eigenvalue weighted by atomic mass is 9.94. The van der Waals surface area contributed by atoms with E-state index in [9.17, 15) is 4.79 Å². The van der Waals surface area contributed by atoms with Gasteiger partial charge in [0.15, 0.2) is 0 Å². The summed E-state index contributed by atoms with van der Waals surface area (Å²) in [5.74, 6) is 0.895. The maximum absolute atomic E-state index is 12.8. The van der Waals surface area contributed by atoms with Gasteiger partial charge in [-0.3, -0.25) is 4.79 Å². The fraction of sp³-hybridized carbons (Fsp3) is 0.200. The first kappa shape index (κ1) is 25.4. The highest BCUT2D eigenvalue weighted by molar-refractivity contribution is 6.10. The molecule has 4 rings (SSSR count). The van der Waals surface area contributed by atoms with Crippen molar-refractivity contribution in [3.05, 3.63) is 90.0 Å². The zero-order valence-corrected chi connectivity index (χ0v) is 19.3. The van der Waals surface area contributed by atoms with Crippen molar-refractivity contribution in [2.45, 2.75) is 19.3 Å². The summed E-state index contributed by atoms with van der Waals surface area (Å²) in [6.07, 6.45) is 6.08. The third kappa shape index (κ3) is 5.88. The number of aromatic amines is 1. The van der Waals surface area contributed by atoms with Crippen molar-refractivity contribution in [3.8, 4) is 11.1 Å². The fourth-order valence-corrected chi connectivity index (χ4v) is 3.75. The molecule has 1 amide bonds. The first-order valence-corrected chi connectivity index (χ1v) is 10.3. The molecule has 0 radical (unpaired) electrons. The van der Waals surface area contributed by atoms with Crippen LogP contribution in [0.4, 0.5) is 0 Å². The third-order valence-corrected chi connectivity index (χ3v) is 5.30. The summed E-state index contributed by atoms with van der Waals surface area (Å²) in [5, 5.41) is 5.08. The second-order valence-corrected chi connectivity index (χ2v) is 7.34. The number of nitrogens with two attached hydrogens (primary N) is 1. The van der Waals surface area contributed by atoms with Crippen LogP contribution in [0.25, 0.3) is 21.9 Å². The van der Waals surface area contributed by atoms with Crippen LogP contribution in [0.1, 0.15) is 28.2 Å². The lowest BCUT2D eigenvalue weighted by molar-refractivity contribution is 0.0955. The number of imidazole rings is 1. The normalized spacial score (nSPS) is 10.3. The Morgan fingerprint density at radius 3 is 2.38 bits per heavy atom. The SMILES string of the molecule is Cl.Cl.NCCc1ccc(-c2ccc(C(=O)NCCCc3ncc[nH]3)c3ccccc23)cc1. The Balaban J connectivity index is 0.00000181. The van der Waals surface area contributed by atoms with E-state index in [0.29, 0.717) is 18.7 Å². The first-order valence-electron chi connectivity index (χ1n) is 10.3. The maximum atomic E-state index is 12.8. The van der Waals surface area contributed by atoms with E-state index in [-0.39, 0.29) is 30.7 Å². The molecule has 0 atom stereocenters. The van der Waals surface area contributed by atoms with Crippen LogP contribution in [0, 0.1) is 0 Å². The van der Waals surface area contributed by atoms with Gasteiger partial charge in [0.25, 0.3) is 5.91 Å². The molecule has 3 aromatic carbocycles. The number of hydrogen-bond donors (Lipinski definition) is 3. The van der Waals surface area contributed by atoms with Crippen LogP contribution in [-0.2, 0) is 12.8 Å². The highest BCUT2D eigenvalue weighted by Crippen LogP contribution is 2.31. The minimum Gasteiger partial charge on any atom is -0.352 e. The zero-order valence-electron chi connectivity index (χ0n) is 17.7. The largest absolute Gasteiger partial charge is 0.352 e. The molecule has 0 fully saturated rings. The van der Waals surface area contributed by atoms with Gasteiger partial charge in [0, 0.05) is 30.9 Å². The Bertz CT molecular complexity index is 1130. The van der Waals surface area contributed by atoms with Gasteiger partial charge in [-0.25, -0.2) is 4.98 Å². The van der Waals surface area contributed by atoms with Crippen LogP contribution >= 0.6 is 24.8 Å². The second kappa shape index (κ2) is 12.2. The quantitative estimate of drug-likeness (QED) is 0.319. The van der Waals surface area contributed by atoms with E-state index in [1.165, 1.54) is 5.56 Å². The smallest absolute Gasteiger partial charge is 0.251 e. The number of benzene rings is 3. The summed E-state index contributed by atoms with van der Waals surface area (Å²) < 4.78 is 0. The Hall–Kier alpha value is -2.86. The molecule has 4 aromatic rings. The summed E-state index contributed by atoms with van der Waals surface area (Å²) in [7, 11) is 0. The number of nitrogens with one attached hydrogen (secondary N) is 2. The van der Waals surface area contributed by atoms with Gasteiger partial charge in [0.05, 0.1) is 0 Å². The lowest BCUT2D eigenvalue weighted by Gasteiger charge is -2.12. The van der Waals surface area contributed by atoms with Gasteiger partial charge in [0.2, 0.25) is 0 Å². The number of halogens is 2. The molecule has 1 heterocycles. The molecule has 7 heteroatoms. The van der Waals surface area contributed by atoms with Crippen molar-refractivity contribution in [2.75, 3.05) is 13.1 Å². The van der Waals surface area contributed by atoms with Crippen molar-refractivity contribution < 1.29 is 4.79 Å². The average molecular weight is 471 g/mol.